The van der Waals surface area contributed by atoms with Gasteiger partial charge in [0.2, 0.25) is 11.8 Å². The average molecular weight is 278 g/mol. The van der Waals surface area contributed by atoms with Crippen molar-refractivity contribution in [2.45, 2.75) is 45.6 Å². The van der Waals surface area contributed by atoms with Crippen LogP contribution in [0, 0.1) is 6.92 Å². The van der Waals surface area contributed by atoms with Gasteiger partial charge in [0.15, 0.2) is 0 Å². The third kappa shape index (κ3) is 4.07. The Morgan fingerprint density at radius 3 is 2.95 bits per heavy atom. The molecule has 0 aliphatic carbocycles. The lowest BCUT2D eigenvalue weighted by Crippen LogP contribution is -2.39. The van der Waals surface area contributed by atoms with Gasteiger partial charge in [0, 0.05) is 30.9 Å². The molecule has 1 aliphatic rings. The van der Waals surface area contributed by atoms with Crippen molar-refractivity contribution in [3.05, 3.63) is 11.8 Å². The minimum absolute atomic E-state index is 0.557. The number of hydrogen-bond donors (Lipinski definition) is 1. The number of methoxy groups -OCH3 is 1. The summed E-state index contributed by atoms with van der Waals surface area (Å²) in [6, 6.07) is 2.43. The Hall–Kier alpha value is -1.36. The van der Waals surface area contributed by atoms with Gasteiger partial charge in [-0.2, -0.15) is 4.98 Å². The molecule has 1 aromatic heterocycles. The van der Waals surface area contributed by atoms with Crippen LogP contribution in [0.1, 0.15) is 38.3 Å². The first-order valence-corrected chi connectivity index (χ1v) is 7.61. The number of rotatable bonds is 7. The van der Waals surface area contributed by atoms with E-state index in [9.17, 15) is 0 Å². The molecule has 1 fully saturated rings. The number of nitrogens with one attached hydrogen (secondary N) is 1. The maximum absolute atomic E-state index is 5.27. The molecule has 5 heteroatoms. The molecule has 1 unspecified atom stereocenters. The van der Waals surface area contributed by atoms with Crippen LogP contribution in [0.3, 0.4) is 0 Å². The first-order chi connectivity index (χ1) is 9.72. The minimum atomic E-state index is 0.557. The van der Waals surface area contributed by atoms with Crippen LogP contribution >= 0.6 is 0 Å². The quantitative estimate of drug-likeness (QED) is 0.828. The molecule has 1 aromatic rings. The summed E-state index contributed by atoms with van der Waals surface area (Å²) in [4.78, 5) is 11.4. The third-order valence-electron chi connectivity index (χ3n) is 3.70. The van der Waals surface area contributed by atoms with Crippen LogP contribution in [0.15, 0.2) is 6.07 Å². The van der Waals surface area contributed by atoms with Gasteiger partial charge in [-0.3, -0.25) is 0 Å². The van der Waals surface area contributed by atoms with Crippen molar-refractivity contribution in [1.29, 1.82) is 0 Å². The number of anilines is 1. The van der Waals surface area contributed by atoms with E-state index in [1.54, 1.807) is 7.11 Å². The minimum Gasteiger partial charge on any atom is -0.481 e. The molecule has 1 atom stereocenters. The lowest BCUT2D eigenvalue weighted by Gasteiger charge is -2.26. The van der Waals surface area contributed by atoms with Gasteiger partial charge in [-0.15, -0.1) is 0 Å². The van der Waals surface area contributed by atoms with Gasteiger partial charge in [0.1, 0.15) is 0 Å². The van der Waals surface area contributed by atoms with Crippen LogP contribution in [-0.2, 0) is 0 Å². The number of unbranched alkanes of at least 4 members (excludes halogenated alkanes) is 1. The van der Waals surface area contributed by atoms with Crippen molar-refractivity contribution in [2.75, 3.05) is 31.6 Å². The second-order valence-corrected chi connectivity index (χ2v) is 5.44. The van der Waals surface area contributed by atoms with Crippen molar-refractivity contribution < 1.29 is 4.74 Å². The highest BCUT2D eigenvalue weighted by Gasteiger charge is 2.20. The largest absolute Gasteiger partial charge is 0.481 e. The molecule has 0 saturated carbocycles. The smallest absolute Gasteiger partial charge is 0.228 e. The fraction of sp³-hybridized carbons (Fsp3) is 0.733. The van der Waals surface area contributed by atoms with Crippen molar-refractivity contribution in [3.63, 3.8) is 0 Å². The van der Waals surface area contributed by atoms with Crippen molar-refractivity contribution in [2.24, 2.45) is 0 Å². The zero-order valence-electron chi connectivity index (χ0n) is 12.9. The van der Waals surface area contributed by atoms with E-state index in [1.807, 2.05) is 13.0 Å². The van der Waals surface area contributed by atoms with E-state index in [0.29, 0.717) is 11.9 Å². The zero-order chi connectivity index (χ0) is 14.4. The van der Waals surface area contributed by atoms with Gasteiger partial charge in [-0.1, -0.05) is 13.3 Å². The molecule has 0 bridgehead atoms. The monoisotopic (exact) mass is 278 g/mol. The SMILES string of the molecule is CCCCN(CC1CCCN1)c1nc(C)cc(OC)n1. The number of hydrogen-bond acceptors (Lipinski definition) is 5. The fourth-order valence-electron chi connectivity index (χ4n) is 2.57. The maximum atomic E-state index is 5.27. The van der Waals surface area contributed by atoms with Gasteiger partial charge in [0.05, 0.1) is 7.11 Å². The lowest BCUT2D eigenvalue weighted by atomic mass is 10.2. The van der Waals surface area contributed by atoms with E-state index < -0.39 is 0 Å². The van der Waals surface area contributed by atoms with Crippen molar-refractivity contribution >= 4 is 5.95 Å². The Bertz CT molecular complexity index is 418. The third-order valence-corrected chi connectivity index (χ3v) is 3.70. The number of aryl methyl sites for hydroxylation is 1. The van der Waals surface area contributed by atoms with E-state index in [4.69, 9.17) is 4.74 Å². The summed E-state index contributed by atoms with van der Waals surface area (Å²) < 4.78 is 5.27. The summed E-state index contributed by atoms with van der Waals surface area (Å²) in [5.41, 5.74) is 0.952. The van der Waals surface area contributed by atoms with Crippen LogP contribution in [-0.4, -0.2) is 42.8 Å². The van der Waals surface area contributed by atoms with Crippen molar-refractivity contribution in [3.8, 4) is 5.88 Å². The molecule has 112 valence electrons. The molecule has 1 saturated heterocycles. The predicted octanol–water partition coefficient (Wildman–Crippen LogP) is 2.15. The Labute approximate surface area is 121 Å². The Morgan fingerprint density at radius 1 is 1.45 bits per heavy atom. The van der Waals surface area contributed by atoms with Gasteiger partial charge in [0.25, 0.3) is 0 Å². The number of nitrogens with zero attached hydrogens (tertiary/aromatic N) is 3. The highest BCUT2D eigenvalue weighted by Crippen LogP contribution is 2.17. The molecule has 1 N–H and O–H groups in total. The van der Waals surface area contributed by atoms with Crippen LogP contribution in [0.4, 0.5) is 5.95 Å². The molecule has 0 radical (unpaired) electrons. The fourth-order valence-corrected chi connectivity index (χ4v) is 2.57. The van der Waals surface area contributed by atoms with E-state index in [1.165, 1.54) is 19.3 Å². The summed E-state index contributed by atoms with van der Waals surface area (Å²) in [5, 5.41) is 3.55. The standard InChI is InChI=1S/C15H26N4O/c1-4-5-9-19(11-13-7-6-8-16-13)15-17-12(2)10-14(18-15)20-3/h10,13,16H,4-9,11H2,1-3H3. The Balaban J connectivity index is 2.13. The molecule has 0 spiro atoms. The van der Waals surface area contributed by atoms with E-state index in [0.717, 1.165) is 37.7 Å². The zero-order valence-corrected chi connectivity index (χ0v) is 12.9. The Kier molecular flexibility index (Phi) is 5.59. The molecular weight excluding hydrogens is 252 g/mol. The molecule has 2 heterocycles. The summed E-state index contributed by atoms with van der Waals surface area (Å²) in [6.45, 7) is 7.31. The summed E-state index contributed by atoms with van der Waals surface area (Å²) in [5.74, 6) is 1.44. The molecule has 20 heavy (non-hydrogen) atoms. The second kappa shape index (κ2) is 7.43. The van der Waals surface area contributed by atoms with Crippen LogP contribution in [0.5, 0.6) is 5.88 Å². The van der Waals surface area contributed by atoms with Gasteiger partial charge in [-0.05, 0) is 32.7 Å². The van der Waals surface area contributed by atoms with E-state index in [-0.39, 0.29) is 0 Å². The topological polar surface area (TPSA) is 50.3 Å². The number of ether oxygens (including phenoxy) is 1. The highest BCUT2D eigenvalue weighted by molar-refractivity contribution is 5.34. The maximum Gasteiger partial charge on any atom is 0.228 e. The summed E-state index contributed by atoms with van der Waals surface area (Å²) in [6.07, 6.45) is 4.85. The molecule has 0 aromatic carbocycles. The first kappa shape index (κ1) is 15.0. The molecule has 5 nitrogen and oxygen atoms in total. The van der Waals surface area contributed by atoms with E-state index >= 15 is 0 Å². The lowest BCUT2D eigenvalue weighted by molar-refractivity contribution is 0.395. The average Bonchev–Trinajstić information content (AvgIpc) is 2.95. The molecule has 1 aliphatic heterocycles. The number of aromatic nitrogens is 2. The van der Waals surface area contributed by atoms with Gasteiger partial charge in [-0.25, -0.2) is 4.98 Å². The second-order valence-electron chi connectivity index (χ2n) is 5.44. The van der Waals surface area contributed by atoms with Gasteiger partial charge < -0.3 is 15.0 Å². The van der Waals surface area contributed by atoms with Crippen LogP contribution in [0.25, 0.3) is 0 Å². The summed E-state index contributed by atoms with van der Waals surface area (Å²) in [7, 11) is 1.65. The molecule has 2 rings (SSSR count). The van der Waals surface area contributed by atoms with E-state index in [2.05, 4.69) is 27.1 Å². The van der Waals surface area contributed by atoms with Gasteiger partial charge >= 0.3 is 0 Å². The van der Waals surface area contributed by atoms with Crippen molar-refractivity contribution in [1.82, 2.24) is 15.3 Å². The summed E-state index contributed by atoms with van der Waals surface area (Å²) >= 11 is 0. The Morgan fingerprint density at radius 2 is 2.30 bits per heavy atom. The predicted molar refractivity (Wildman–Crippen MR) is 81.5 cm³/mol. The highest BCUT2D eigenvalue weighted by atomic mass is 16.5. The van der Waals surface area contributed by atoms with Crippen LogP contribution in [0.2, 0.25) is 0 Å². The van der Waals surface area contributed by atoms with Crippen LogP contribution < -0.4 is 15.0 Å². The first-order valence-electron chi connectivity index (χ1n) is 7.61. The molecule has 0 amide bonds. The normalized spacial score (nSPS) is 18.2. The molecular formula is C15H26N4O.